The second-order valence-electron chi connectivity index (χ2n) is 3.91. The minimum absolute atomic E-state index is 0.0125. The zero-order valence-electron chi connectivity index (χ0n) is 9.86. The Bertz CT molecular complexity index is 352. The maximum atomic E-state index is 11.6. The number of benzene rings is 1. The van der Waals surface area contributed by atoms with Gasteiger partial charge in [0.1, 0.15) is 0 Å². The Hall–Kier alpha value is -1.55. The molecule has 0 bridgehead atoms. The second-order valence-corrected chi connectivity index (χ2v) is 3.91. The van der Waals surface area contributed by atoms with Gasteiger partial charge in [0.25, 0.3) is 0 Å². The molecule has 3 N–H and O–H groups in total. The molecule has 0 heterocycles. The largest absolute Gasteiger partial charge is 0.399 e. The first-order chi connectivity index (χ1) is 7.61. The quantitative estimate of drug-likeness (QED) is 0.742. The number of likely N-dealkylation sites (N-methyl/N-ethyl adjacent to an activating group) is 1. The number of hydrogen-bond acceptors (Lipinski definition) is 3. The molecule has 88 valence electrons. The molecule has 1 aromatic rings. The van der Waals surface area contributed by atoms with Crippen molar-refractivity contribution < 1.29 is 4.79 Å². The normalized spacial score (nSPS) is 10.4. The van der Waals surface area contributed by atoms with E-state index in [2.05, 4.69) is 12.2 Å². The summed E-state index contributed by atoms with van der Waals surface area (Å²) in [6.07, 6.45) is 1.04. The number of amides is 1. The summed E-state index contributed by atoms with van der Waals surface area (Å²) >= 11 is 0. The van der Waals surface area contributed by atoms with Gasteiger partial charge in [-0.3, -0.25) is 9.69 Å². The van der Waals surface area contributed by atoms with Crippen LogP contribution in [0.1, 0.15) is 13.3 Å². The van der Waals surface area contributed by atoms with Crippen molar-refractivity contribution in [1.82, 2.24) is 4.90 Å². The molecule has 0 spiro atoms. The van der Waals surface area contributed by atoms with E-state index in [1.807, 2.05) is 24.1 Å². The zero-order valence-corrected chi connectivity index (χ0v) is 9.86. The van der Waals surface area contributed by atoms with Gasteiger partial charge in [-0.15, -0.1) is 0 Å². The fraction of sp³-hybridized carbons (Fsp3) is 0.417. The lowest BCUT2D eigenvalue weighted by Gasteiger charge is -2.14. The molecule has 0 aliphatic carbocycles. The van der Waals surface area contributed by atoms with Crippen LogP contribution >= 0.6 is 0 Å². The number of hydrogen-bond donors (Lipinski definition) is 2. The van der Waals surface area contributed by atoms with E-state index in [9.17, 15) is 4.79 Å². The summed E-state index contributed by atoms with van der Waals surface area (Å²) in [7, 11) is 1.93. The molecule has 4 nitrogen and oxygen atoms in total. The van der Waals surface area contributed by atoms with Gasteiger partial charge in [0.2, 0.25) is 5.91 Å². The van der Waals surface area contributed by atoms with Crippen LogP contribution in [-0.2, 0) is 4.79 Å². The lowest BCUT2D eigenvalue weighted by atomic mass is 10.3. The lowest BCUT2D eigenvalue weighted by molar-refractivity contribution is -0.117. The molecule has 16 heavy (non-hydrogen) atoms. The van der Waals surface area contributed by atoms with Gasteiger partial charge in [0.05, 0.1) is 6.54 Å². The molecule has 0 aromatic heterocycles. The third kappa shape index (κ3) is 4.31. The number of anilines is 2. The maximum absolute atomic E-state index is 11.6. The topological polar surface area (TPSA) is 58.4 Å². The van der Waals surface area contributed by atoms with Crippen molar-refractivity contribution in [2.45, 2.75) is 13.3 Å². The third-order valence-electron chi connectivity index (χ3n) is 2.19. The molecule has 1 amide bonds. The Kier molecular flexibility index (Phi) is 4.79. The van der Waals surface area contributed by atoms with E-state index in [4.69, 9.17) is 5.73 Å². The molecule has 0 saturated heterocycles. The van der Waals surface area contributed by atoms with Crippen LogP contribution in [0, 0.1) is 0 Å². The molecule has 0 unspecified atom stereocenters. The molecular weight excluding hydrogens is 202 g/mol. The van der Waals surface area contributed by atoms with Crippen molar-refractivity contribution in [2.75, 3.05) is 31.2 Å². The van der Waals surface area contributed by atoms with Crippen LogP contribution < -0.4 is 11.1 Å². The van der Waals surface area contributed by atoms with E-state index in [1.165, 1.54) is 0 Å². The van der Waals surface area contributed by atoms with Gasteiger partial charge in [0.15, 0.2) is 0 Å². The Balaban J connectivity index is 2.45. The highest BCUT2D eigenvalue weighted by molar-refractivity contribution is 5.92. The van der Waals surface area contributed by atoms with Gasteiger partial charge in [-0.1, -0.05) is 13.0 Å². The summed E-state index contributed by atoms with van der Waals surface area (Å²) in [6.45, 7) is 3.42. The van der Waals surface area contributed by atoms with Crippen LogP contribution in [0.3, 0.4) is 0 Å². The van der Waals surface area contributed by atoms with Gasteiger partial charge in [-0.25, -0.2) is 0 Å². The van der Waals surface area contributed by atoms with Crippen LogP contribution in [0.4, 0.5) is 11.4 Å². The zero-order chi connectivity index (χ0) is 12.0. The molecular formula is C12H19N3O. The Labute approximate surface area is 96.4 Å². The average Bonchev–Trinajstić information content (AvgIpc) is 2.17. The van der Waals surface area contributed by atoms with E-state index in [-0.39, 0.29) is 5.91 Å². The first-order valence-corrected chi connectivity index (χ1v) is 5.45. The van der Waals surface area contributed by atoms with Gasteiger partial charge < -0.3 is 11.1 Å². The van der Waals surface area contributed by atoms with Crippen LogP contribution in [0.2, 0.25) is 0 Å². The molecule has 4 heteroatoms. The van der Waals surface area contributed by atoms with Crippen molar-refractivity contribution in [2.24, 2.45) is 0 Å². The standard InChI is InChI=1S/C12H19N3O/c1-3-7-15(2)9-12(16)14-11-6-4-5-10(13)8-11/h4-6,8H,3,7,9,13H2,1-2H3,(H,14,16). The van der Waals surface area contributed by atoms with E-state index < -0.39 is 0 Å². The molecule has 1 rings (SSSR count). The molecule has 0 fully saturated rings. The lowest BCUT2D eigenvalue weighted by Crippen LogP contribution is -2.30. The SMILES string of the molecule is CCCN(C)CC(=O)Nc1cccc(N)c1. The molecule has 0 atom stereocenters. The molecule has 0 aliphatic heterocycles. The summed E-state index contributed by atoms with van der Waals surface area (Å²) in [6, 6.07) is 7.19. The van der Waals surface area contributed by atoms with E-state index in [0.29, 0.717) is 12.2 Å². The van der Waals surface area contributed by atoms with Crippen molar-refractivity contribution in [3.8, 4) is 0 Å². The second kappa shape index (κ2) is 6.12. The highest BCUT2D eigenvalue weighted by Gasteiger charge is 2.05. The summed E-state index contributed by atoms with van der Waals surface area (Å²) in [5.41, 5.74) is 7.02. The highest BCUT2D eigenvalue weighted by atomic mass is 16.2. The van der Waals surface area contributed by atoms with Crippen molar-refractivity contribution in [3.05, 3.63) is 24.3 Å². The van der Waals surface area contributed by atoms with Crippen molar-refractivity contribution in [1.29, 1.82) is 0 Å². The van der Waals surface area contributed by atoms with Gasteiger partial charge in [-0.05, 0) is 38.2 Å². The summed E-state index contributed by atoms with van der Waals surface area (Å²) < 4.78 is 0. The van der Waals surface area contributed by atoms with Gasteiger partial charge in [-0.2, -0.15) is 0 Å². The number of carbonyl (C=O) groups is 1. The summed E-state index contributed by atoms with van der Waals surface area (Å²) in [5.74, 6) is -0.0125. The Morgan fingerprint density at radius 2 is 2.25 bits per heavy atom. The number of nitrogens with two attached hydrogens (primary N) is 1. The van der Waals surface area contributed by atoms with E-state index in [1.54, 1.807) is 12.1 Å². The van der Waals surface area contributed by atoms with Crippen LogP contribution in [0.25, 0.3) is 0 Å². The van der Waals surface area contributed by atoms with Crippen LogP contribution in [0.5, 0.6) is 0 Å². The monoisotopic (exact) mass is 221 g/mol. The number of nitrogens with zero attached hydrogens (tertiary/aromatic N) is 1. The average molecular weight is 221 g/mol. The van der Waals surface area contributed by atoms with Crippen molar-refractivity contribution in [3.63, 3.8) is 0 Å². The smallest absolute Gasteiger partial charge is 0.238 e. The minimum atomic E-state index is -0.0125. The van der Waals surface area contributed by atoms with Gasteiger partial charge in [0, 0.05) is 11.4 Å². The number of nitrogens with one attached hydrogen (secondary N) is 1. The maximum Gasteiger partial charge on any atom is 0.238 e. The molecule has 0 radical (unpaired) electrons. The summed E-state index contributed by atoms with van der Waals surface area (Å²) in [4.78, 5) is 13.6. The van der Waals surface area contributed by atoms with Crippen LogP contribution in [-0.4, -0.2) is 30.9 Å². The van der Waals surface area contributed by atoms with E-state index in [0.717, 1.165) is 18.7 Å². The number of nitrogen functional groups attached to an aromatic ring is 1. The van der Waals surface area contributed by atoms with Crippen molar-refractivity contribution >= 4 is 17.3 Å². The first kappa shape index (κ1) is 12.5. The third-order valence-corrected chi connectivity index (χ3v) is 2.19. The predicted octanol–water partition coefficient (Wildman–Crippen LogP) is 1.55. The fourth-order valence-electron chi connectivity index (χ4n) is 1.52. The van der Waals surface area contributed by atoms with Crippen LogP contribution in [0.15, 0.2) is 24.3 Å². The fourth-order valence-corrected chi connectivity index (χ4v) is 1.52. The molecule has 0 aliphatic rings. The number of rotatable bonds is 5. The number of carbonyl (C=O) groups excluding carboxylic acids is 1. The van der Waals surface area contributed by atoms with Gasteiger partial charge >= 0.3 is 0 Å². The predicted molar refractivity (Wildman–Crippen MR) is 67.3 cm³/mol. The molecule has 1 aromatic carbocycles. The van der Waals surface area contributed by atoms with E-state index >= 15 is 0 Å². The Morgan fingerprint density at radius 1 is 1.50 bits per heavy atom. The Morgan fingerprint density at radius 3 is 2.88 bits per heavy atom. The minimum Gasteiger partial charge on any atom is -0.399 e. The summed E-state index contributed by atoms with van der Waals surface area (Å²) in [5, 5.41) is 2.81. The first-order valence-electron chi connectivity index (χ1n) is 5.45. The molecule has 0 saturated carbocycles. The highest BCUT2D eigenvalue weighted by Crippen LogP contribution is 2.11.